The van der Waals surface area contributed by atoms with E-state index in [0.29, 0.717) is 5.69 Å². The number of anilines is 2. The lowest BCUT2D eigenvalue weighted by atomic mass is 10.0. The number of hydrogen-bond acceptors (Lipinski definition) is 2. The molecule has 0 aliphatic carbocycles. The summed E-state index contributed by atoms with van der Waals surface area (Å²) in [7, 11) is 0. The van der Waals surface area contributed by atoms with Crippen LogP contribution >= 0.6 is 0 Å². The molecular formula is C22H23N3O2. The quantitative estimate of drug-likeness (QED) is 0.615. The maximum atomic E-state index is 12.7. The van der Waals surface area contributed by atoms with Crippen molar-refractivity contribution in [3.8, 4) is 0 Å². The molecule has 0 saturated heterocycles. The number of carbonyl (C=O) groups excluding carboxylic acids is 2. The van der Waals surface area contributed by atoms with Crippen molar-refractivity contribution in [1.82, 2.24) is 0 Å². The van der Waals surface area contributed by atoms with Crippen molar-refractivity contribution in [2.24, 2.45) is 5.73 Å². The fourth-order valence-electron chi connectivity index (χ4n) is 3.22. The topological polar surface area (TPSA) is 84.2 Å². The van der Waals surface area contributed by atoms with Crippen LogP contribution < -0.4 is 16.4 Å². The Morgan fingerprint density at radius 1 is 0.852 bits per heavy atom. The highest BCUT2D eigenvalue weighted by atomic mass is 16.2. The molecule has 0 heterocycles. The summed E-state index contributed by atoms with van der Waals surface area (Å²) in [5.74, 6) is -0.584. The largest absolute Gasteiger partial charge is 0.366 e. The number of fused-ring (bicyclic) bond motifs is 1. The number of aryl methyl sites for hydroxylation is 2. The van der Waals surface area contributed by atoms with Crippen LogP contribution in [0.25, 0.3) is 10.8 Å². The molecule has 0 aliphatic rings. The Kier molecular flexibility index (Phi) is 5.41. The van der Waals surface area contributed by atoms with E-state index < -0.39 is 11.9 Å². The van der Waals surface area contributed by atoms with E-state index in [2.05, 4.69) is 10.6 Å². The summed E-state index contributed by atoms with van der Waals surface area (Å²) in [6.45, 7) is 4.10. The van der Waals surface area contributed by atoms with Gasteiger partial charge in [0.05, 0.1) is 11.3 Å². The van der Waals surface area contributed by atoms with Crippen molar-refractivity contribution < 1.29 is 9.59 Å². The number of nitrogens with two attached hydrogens (primary N) is 1. The molecule has 5 heteroatoms. The average Bonchev–Trinajstić information content (AvgIpc) is 2.67. The maximum absolute atomic E-state index is 12.7. The van der Waals surface area contributed by atoms with Crippen molar-refractivity contribution >= 4 is 34.1 Å². The number of nitrogens with one attached hydrogen (secondary N) is 2. The van der Waals surface area contributed by atoms with Crippen molar-refractivity contribution in [2.75, 3.05) is 10.6 Å². The summed E-state index contributed by atoms with van der Waals surface area (Å²) in [5, 5.41) is 7.53. The second-order valence-electron chi connectivity index (χ2n) is 6.35. The van der Waals surface area contributed by atoms with E-state index in [0.717, 1.165) is 40.4 Å². The lowest BCUT2D eigenvalue weighted by Gasteiger charge is -2.16. The molecule has 0 spiro atoms. The number of benzene rings is 3. The molecule has 0 radical (unpaired) electrons. The van der Waals surface area contributed by atoms with Gasteiger partial charge in [0.25, 0.3) is 5.91 Å². The van der Waals surface area contributed by atoms with Gasteiger partial charge in [-0.25, -0.2) is 4.79 Å². The highest BCUT2D eigenvalue weighted by Crippen LogP contribution is 2.26. The van der Waals surface area contributed by atoms with E-state index in [1.54, 1.807) is 12.1 Å². The summed E-state index contributed by atoms with van der Waals surface area (Å²) in [4.78, 5) is 24.5. The van der Waals surface area contributed by atoms with Gasteiger partial charge in [-0.05, 0) is 46.9 Å². The highest BCUT2D eigenvalue weighted by Gasteiger charge is 2.15. The van der Waals surface area contributed by atoms with Gasteiger partial charge in [-0.2, -0.15) is 0 Å². The molecule has 3 amide bonds. The fraction of sp³-hybridized carbons (Fsp3) is 0.182. The van der Waals surface area contributed by atoms with Gasteiger partial charge in [0.2, 0.25) is 0 Å². The van der Waals surface area contributed by atoms with Crippen LogP contribution in [0.5, 0.6) is 0 Å². The molecule has 3 aromatic carbocycles. The van der Waals surface area contributed by atoms with Crippen molar-refractivity contribution in [3.63, 3.8) is 0 Å². The molecule has 0 fully saturated rings. The van der Waals surface area contributed by atoms with E-state index in [4.69, 9.17) is 5.73 Å². The zero-order valence-electron chi connectivity index (χ0n) is 15.5. The molecule has 27 heavy (non-hydrogen) atoms. The second-order valence-corrected chi connectivity index (χ2v) is 6.35. The van der Waals surface area contributed by atoms with Crippen LogP contribution in [0, 0.1) is 0 Å². The van der Waals surface area contributed by atoms with Gasteiger partial charge >= 0.3 is 6.03 Å². The molecule has 0 atom stereocenters. The summed E-state index contributed by atoms with van der Waals surface area (Å²) >= 11 is 0. The summed E-state index contributed by atoms with van der Waals surface area (Å²) in [5.41, 5.74) is 9.15. The summed E-state index contributed by atoms with van der Waals surface area (Å²) in [6, 6.07) is 16.7. The minimum atomic E-state index is -0.584. The van der Waals surface area contributed by atoms with E-state index >= 15 is 0 Å². The Morgan fingerprint density at radius 2 is 1.44 bits per heavy atom. The van der Waals surface area contributed by atoms with Crippen molar-refractivity contribution in [2.45, 2.75) is 26.7 Å². The van der Waals surface area contributed by atoms with E-state index in [1.807, 2.05) is 56.3 Å². The van der Waals surface area contributed by atoms with Crippen LogP contribution in [0.15, 0.2) is 54.6 Å². The van der Waals surface area contributed by atoms with Crippen LogP contribution in [-0.2, 0) is 12.8 Å². The Balaban J connectivity index is 1.93. The molecule has 138 valence electrons. The van der Waals surface area contributed by atoms with Crippen LogP contribution in [-0.4, -0.2) is 11.9 Å². The Hall–Kier alpha value is -3.34. The van der Waals surface area contributed by atoms with Crippen LogP contribution in [0.4, 0.5) is 16.2 Å². The van der Waals surface area contributed by atoms with Gasteiger partial charge in [-0.1, -0.05) is 56.3 Å². The molecule has 0 unspecified atom stereocenters. The lowest BCUT2D eigenvalue weighted by Crippen LogP contribution is -2.23. The normalized spacial score (nSPS) is 10.6. The summed E-state index contributed by atoms with van der Waals surface area (Å²) < 4.78 is 0. The Labute approximate surface area is 158 Å². The standard InChI is InChI=1S/C22H23N3O2/c1-3-14-10-7-11-15(4-2)20(14)25-22(27)24-19-13-17-9-6-5-8-16(17)12-18(19)21(23)26/h5-13H,3-4H2,1-2H3,(H2,23,26)(H2,24,25,27). The molecule has 0 saturated carbocycles. The monoisotopic (exact) mass is 361 g/mol. The molecule has 3 aromatic rings. The van der Waals surface area contributed by atoms with Gasteiger partial charge < -0.3 is 16.4 Å². The maximum Gasteiger partial charge on any atom is 0.323 e. The number of hydrogen-bond donors (Lipinski definition) is 3. The van der Waals surface area contributed by atoms with Gasteiger partial charge in [0, 0.05) is 5.69 Å². The first-order valence-corrected chi connectivity index (χ1v) is 9.04. The average molecular weight is 361 g/mol. The Morgan fingerprint density at radius 3 is 2.00 bits per heavy atom. The molecule has 4 N–H and O–H groups in total. The van der Waals surface area contributed by atoms with Gasteiger partial charge in [-0.15, -0.1) is 0 Å². The summed E-state index contributed by atoms with van der Waals surface area (Å²) in [6.07, 6.45) is 1.62. The number of para-hydroxylation sites is 1. The van der Waals surface area contributed by atoms with Gasteiger partial charge in [-0.3, -0.25) is 4.79 Å². The third kappa shape index (κ3) is 3.92. The number of primary amides is 1. The zero-order valence-corrected chi connectivity index (χ0v) is 15.5. The first-order chi connectivity index (χ1) is 13.0. The number of rotatable bonds is 5. The first kappa shape index (κ1) is 18.5. The lowest BCUT2D eigenvalue weighted by molar-refractivity contribution is 0.100. The van der Waals surface area contributed by atoms with Crippen LogP contribution in [0.3, 0.4) is 0 Å². The molecule has 0 bridgehead atoms. The number of urea groups is 1. The SMILES string of the molecule is CCc1cccc(CC)c1NC(=O)Nc1cc2ccccc2cc1C(N)=O. The molecule has 3 rings (SSSR count). The van der Waals surface area contributed by atoms with E-state index in [-0.39, 0.29) is 5.56 Å². The molecule has 0 aliphatic heterocycles. The molecular weight excluding hydrogens is 338 g/mol. The smallest absolute Gasteiger partial charge is 0.323 e. The molecule has 0 aromatic heterocycles. The highest BCUT2D eigenvalue weighted by molar-refractivity contribution is 6.09. The zero-order chi connectivity index (χ0) is 19.4. The molecule has 5 nitrogen and oxygen atoms in total. The van der Waals surface area contributed by atoms with Gasteiger partial charge in [0.15, 0.2) is 0 Å². The van der Waals surface area contributed by atoms with E-state index in [9.17, 15) is 9.59 Å². The number of amides is 3. The predicted octanol–water partition coefficient (Wildman–Crippen LogP) is 4.71. The van der Waals surface area contributed by atoms with Crippen molar-refractivity contribution in [1.29, 1.82) is 0 Å². The third-order valence-corrected chi connectivity index (χ3v) is 4.64. The van der Waals surface area contributed by atoms with Gasteiger partial charge in [0.1, 0.15) is 0 Å². The van der Waals surface area contributed by atoms with Crippen molar-refractivity contribution in [3.05, 3.63) is 71.3 Å². The third-order valence-electron chi connectivity index (χ3n) is 4.64. The predicted molar refractivity (Wildman–Crippen MR) is 110 cm³/mol. The second kappa shape index (κ2) is 7.91. The minimum absolute atomic E-state index is 0.281. The Bertz CT molecular complexity index is 989. The van der Waals surface area contributed by atoms with Crippen LogP contribution in [0.1, 0.15) is 35.3 Å². The fourth-order valence-corrected chi connectivity index (χ4v) is 3.22. The van der Waals surface area contributed by atoms with Crippen LogP contribution in [0.2, 0.25) is 0 Å². The first-order valence-electron chi connectivity index (χ1n) is 9.04. The van der Waals surface area contributed by atoms with E-state index in [1.165, 1.54) is 0 Å². The number of carbonyl (C=O) groups is 2. The minimum Gasteiger partial charge on any atom is -0.366 e.